The van der Waals surface area contributed by atoms with Crippen molar-refractivity contribution in [3.63, 3.8) is 0 Å². The molecule has 3 aromatic rings. The standard InChI is InChI=1S/C23H24ClN5O3S/c1-2-32-19-10-8-17(9-11-19)26-23(31)29-12-4-5-15(14-29)21-27-28-22(33-21)20(30)25-18-7-3-6-16(24)13-18/h3,6-11,13,15H,2,4-5,12,14H2,1H3,(H,25,30)(H,26,31)/t15-/m1/s1. The van der Waals surface area contributed by atoms with Gasteiger partial charge in [-0.15, -0.1) is 10.2 Å². The van der Waals surface area contributed by atoms with Crippen LogP contribution < -0.4 is 15.4 Å². The highest BCUT2D eigenvalue weighted by atomic mass is 35.5. The van der Waals surface area contributed by atoms with Crippen molar-refractivity contribution in [3.05, 3.63) is 63.6 Å². The Morgan fingerprint density at radius 2 is 1.97 bits per heavy atom. The van der Waals surface area contributed by atoms with E-state index in [9.17, 15) is 9.59 Å². The predicted molar refractivity (Wildman–Crippen MR) is 129 cm³/mol. The third-order valence-corrected chi connectivity index (χ3v) is 6.51. The molecule has 1 fully saturated rings. The third kappa shape index (κ3) is 6.00. The molecule has 0 spiro atoms. The summed E-state index contributed by atoms with van der Waals surface area (Å²) in [5, 5.41) is 15.6. The van der Waals surface area contributed by atoms with Gasteiger partial charge in [0.15, 0.2) is 0 Å². The van der Waals surface area contributed by atoms with Crippen molar-refractivity contribution in [2.75, 3.05) is 30.3 Å². The molecular weight excluding hydrogens is 462 g/mol. The van der Waals surface area contributed by atoms with E-state index in [-0.39, 0.29) is 22.9 Å². The monoisotopic (exact) mass is 485 g/mol. The lowest BCUT2D eigenvalue weighted by Gasteiger charge is -2.31. The topological polar surface area (TPSA) is 96.4 Å². The Bertz CT molecular complexity index is 1120. The first-order valence-electron chi connectivity index (χ1n) is 10.7. The van der Waals surface area contributed by atoms with Crippen molar-refractivity contribution in [1.82, 2.24) is 15.1 Å². The summed E-state index contributed by atoms with van der Waals surface area (Å²) in [4.78, 5) is 27.1. The molecule has 2 heterocycles. The minimum Gasteiger partial charge on any atom is -0.494 e. The Kier molecular flexibility index (Phi) is 7.41. The van der Waals surface area contributed by atoms with E-state index < -0.39 is 0 Å². The van der Waals surface area contributed by atoms with E-state index in [1.165, 1.54) is 11.3 Å². The van der Waals surface area contributed by atoms with Gasteiger partial charge in [0.1, 0.15) is 10.8 Å². The van der Waals surface area contributed by atoms with Crippen molar-refractivity contribution < 1.29 is 14.3 Å². The van der Waals surface area contributed by atoms with Crippen LogP contribution in [0, 0.1) is 0 Å². The van der Waals surface area contributed by atoms with Crippen molar-refractivity contribution in [2.45, 2.75) is 25.7 Å². The highest BCUT2D eigenvalue weighted by molar-refractivity contribution is 7.13. The molecule has 2 aromatic carbocycles. The summed E-state index contributed by atoms with van der Waals surface area (Å²) in [5.41, 5.74) is 1.31. The number of carbonyl (C=O) groups excluding carboxylic acids is 2. The summed E-state index contributed by atoms with van der Waals surface area (Å²) in [5.74, 6) is 0.469. The molecule has 1 aliphatic heterocycles. The molecule has 0 radical (unpaired) electrons. The maximum absolute atomic E-state index is 12.8. The van der Waals surface area contributed by atoms with Crippen LogP contribution in [0.15, 0.2) is 48.5 Å². The molecule has 10 heteroatoms. The van der Waals surface area contributed by atoms with Gasteiger partial charge in [-0.3, -0.25) is 4.79 Å². The number of benzene rings is 2. The second kappa shape index (κ2) is 10.6. The lowest BCUT2D eigenvalue weighted by atomic mass is 9.99. The van der Waals surface area contributed by atoms with Gasteiger partial charge in [-0.1, -0.05) is 29.0 Å². The van der Waals surface area contributed by atoms with Crippen LogP contribution in [0.25, 0.3) is 0 Å². The number of urea groups is 1. The third-order valence-electron chi connectivity index (χ3n) is 5.19. The van der Waals surface area contributed by atoms with Gasteiger partial charge in [0.05, 0.1) is 6.61 Å². The summed E-state index contributed by atoms with van der Waals surface area (Å²) in [7, 11) is 0. The molecule has 2 N–H and O–H groups in total. The zero-order valence-corrected chi connectivity index (χ0v) is 19.7. The number of amides is 3. The number of likely N-dealkylation sites (tertiary alicyclic amines) is 1. The Balaban J connectivity index is 1.35. The van der Waals surface area contributed by atoms with Gasteiger partial charge >= 0.3 is 6.03 Å². The number of piperidine rings is 1. The summed E-state index contributed by atoms with van der Waals surface area (Å²) < 4.78 is 5.43. The fourth-order valence-electron chi connectivity index (χ4n) is 3.61. The average molecular weight is 486 g/mol. The van der Waals surface area contributed by atoms with Gasteiger partial charge in [0.2, 0.25) is 5.01 Å². The molecule has 4 rings (SSSR count). The van der Waals surface area contributed by atoms with E-state index in [1.807, 2.05) is 31.2 Å². The summed E-state index contributed by atoms with van der Waals surface area (Å²) in [6.07, 6.45) is 1.74. The molecular formula is C23H24ClN5O3S. The number of hydrogen-bond donors (Lipinski definition) is 2. The largest absolute Gasteiger partial charge is 0.494 e. The number of halogens is 1. The number of nitrogens with one attached hydrogen (secondary N) is 2. The lowest BCUT2D eigenvalue weighted by molar-refractivity contribution is 0.102. The predicted octanol–water partition coefficient (Wildman–Crippen LogP) is 5.25. The van der Waals surface area contributed by atoms with Gasteiger partial charge in [-0.2, -0.15) is 0 Å². The minimum absolute atomic E-state index is 0.0371. The van der Waals surface area contributed by atoms with Crippen LogP contribution in [0.5, 0.6) is 5.75 Å². The fraction of sp³-hybridized carbons (Fsp3) is 0.304. The second-order valence-electron chi connectivity index (χ2n) is 7.58. The Hall–Kier alpha value is -3.17. The SMILES string of the molecule is CCOc1ccc(NC(=O)N2CCC[C@@H](c3nnc(C(=O)Nc4cccc(Cl)c4)s3)C2)cc1. The van der Waals surface area contributed by atoms with Crippen LogP contribution in [0.3, 0.4) is 0 Å². The number of nitrogens with zero attached hydrogens (tertiary/aromatic N) is 3. The van der Waals surface area contributed by atoms with E-state index >= 15 is 0 Å². The molecule has 1 aromatic heterocycles. The highest BCUT2D eigenvalue weighted by Gasteiger charge is 2.28. The van der Waals surface area contributed by atoms with E-state index in [0.29, 0.717) is 36.1 Å². The van der Waals surface area contributed by atoms with Crippen molar-refractivity contribution >= 4 is 46.3 Å². The molecule has 1 saturated heterocycles. The van der Waals surface area contributed by atoms with E-state index in [4.69, 9.17) is 16.3 Å². The number of ether oxygens (including phenoxy) is 1. The summed E-state index contributed by atoms with van der Waals surface area (Å²) >= 11 is 7.23. The van der Waals surface area contributed by atoms with Crippen molar-refractivity contribution in [2.24, 2.45) is 0 Å². The second-order valence-corrected chi connectivity index (χ2v) is 9.03. The van der Waals surface area contributed by atoms with Gasteiger partial charge in [-0.25, -0.2) is 4.79 Å². The van der Waals surface area contributed by atoms with Crippen LogP contribution >= 0.6 is 22.9 Å². The lowest BCUT2D eigenvalue weighted by Crippen LogP contribution is -2.41. The summed E-state index contributed by atoms with van der Waals surface area (Å²) in [6, 6.07) is 14.1. The van der Waals surface area contributed by atoms with E-state index in [0.717, 1.165) is 23.6 Å². The maximum Gasteiger partial charge on any atom is 0.321 e. The number of rotatable bonds is 6. The Morgan fingerprint density at radius 3 is 2.73 bits per heavy atom. The van der Waals surface area contributed by atoms with E-state index in [1.54, 1.807) is 29.2 Å². The average Bonchev–Trinajstić information content (AvgIpc) is 3.31. The van der Waals surface area contributed by atoms with Crippen molar-refractivity contribution in [1.29, 1.82) is 0 Å². The summed E-state index contributed by atoms with van der Waals surface area (Å²) in [6.45, 7) is 3.71. The fourth-order valence-corrected chi connectivity index (χ4v) is 4.66. The van der Waals surface area contributed by atoms with Crippen LogP contribution in [-0.2, 0) is 0 Å². The first-order valence-corrected chi connectivity index (χ1v) is 11.9. The molecule has 1 atom stereocenters. The van der Waals surface area contributed by atoms with Crippen LogP contribution in [0.1, 0.15) is 40.5 Å². The van der Waals surface area contributed by atoms with Crippen LogP contribution in [0.2, 0.25) is 5.02 Å². The number of aromatic nitrogens is 2. The number of hydrogen-bond acceptors (Lipinski definition) is 6. The molecule has 0 saturated carbocycles. The Morgan fingerprint density at radius 1 is 1.15 bits per heavy atom. The first kappa shape index (κ1) is 23.0. The van der Waals surface area contributed by atoms with Gasteiger partial charge < -0.3 is 20.3 Å². The molecule has 0 unspecified atom stereocenters. The highest BCUT2D eigenvalue weighted by Crippen LogP contribution is 2.30. The molecule has 0 aliphatic carbocycles. The molecule has 172 valence electrons. The smallest absolute Gasteiger partial charge is 0.321 e. The van der Waals surface area contributed by atoms with Crippen LogP contribution in [0.4, 0.5) is 16.2 Å². The quantitative estimate of drug-likeness (QED) is 0.496. The first-order chi connectivity index (χ1) is 16.0. The van der Waals surface area contributed by atoms with Crippen LogP contribution in [-0.4, -0.2) is 46.7 Å². The molecule has 1 aliphatic rings. The number of carbonyl (C=O) groups is 2. The van der Waals surface area contributed by atoms with E-state index in [2.05, 4.69) is 20.8 Å². The Labute approximate surface area is 200 Å². The molecule has 33 heavy (non-hydrogen) atoms. The molecule has 0 bridgehead atoms. The molecule has 8 nitrogen and oxygen atoms in total. The van der Waals surface area contributed by atoms with Gasteiger partial charge in [-0.05, 0) is 62.2 Å². The van der Waals surface area contributed by atoms with Crippen molar-refractivity contribution in [3.8, 4) is 5.75 Å². The van der Waals surface area contributed by atoms with Gasteiger partial charge in [0.25, 0.3) is 5.91 Å². The molecule has 3 amide bonds. The minimum atomic E-state index is -0.332. The maximum atomic E-state index is 12.8. The zero-order chi connectivity index (χ0) is 23.2. The zero-order valence-electron chi connectivity index (χ0n) is 18.1. The number of anilines is 2. The normalized spacial score (nSPS) is 15.7. The van der Waals surface area contributed by atoms with Gasteiger partial charge in [0, 0.05) is 35.4 Å².